The molecule has 0 saturated carbocycles. The molecule has 0 atom stereocenters. The van der Waals surface area contributed by atoms with Crippen LogP contribution in [0.15, 0.2) is 39.5 Å². The quantitative estimate of drug-likeness (QED) is 0.896. The number of nitrogens with one attached hydrogen (secondary N) is 1. The van der Waals surface area contributed by atoms with Crippen molar-refractivity contribution in [3.05, 3.63) is 45.2 Å². The molecule has 2 aromatic rings. The van der Waals surface area contributed by atoms with Crippen molar-refractivity contribution in [3.63, 3.8) is 0 Å². The van der Waals surface area contributed by atoms with E-state index in [1.54, 1.807) is 22.9 Å². The normalized spacial score (nSPS) is 10.3. The lowest BCUT2D eigenvalue weighted by molar-refractivity contribution is 0.101. The summed E-state index contributed by atoms with van der Waals surface area (Å²) in [5.41, 5.74) is 0.564. The fourth-order valence-corrected chi connectivity index (χ4v) is 2.28. The summed E-state index contributed by atoms with van der Waals surface area (Å²) < 4.78 is 3.36. The van der Waals surface area contributed by atoms with Gasteiger partial charge in [0.2, 0.25) is 0 Å². The molecule has 0 bridgehead atoms. The number of aromatic nitrogens is 2. The third-order valence-corrected chi connectivity index (χ3v) is 3.27. The van der Waals surface area contributed by atoms with Gasteiger partial charge < -0.3 is 9.88 Å². The fourth-order valence-electron chi connectivity index (χ4n) is 1.40. The Morgan fingerprint density at radius 3 is 2.82 bits per heavy atom. The van der Waals surface area contributed by atoms with Crippen molar-refractivity contribution >= 4 is 43.6 Å². The maximum absolute atomic E-state index is 12.0. The van der Waals surface area contributed by atoms with Crippen LogP contribution in [0.1, 0.15) is 10.5 Å². The number of anilines is 1. The summed E-state index contributed by atoms with van der Waals surface area (Å²) in [5, 5.41) is 2.74. The smallest absolute Gasteiger partial charge is 0.273 e. The Morgan fingerprint density at radius 1 is 1.47 bits per heavy atom. The van der Waals surface area contributed by atoms with E-state index in [0.717, 1.165) is 8.95 Å². The van der Waals surface area contributed by atoms with E-state index in [0.29, 0.717) is 11.5 Å². The van der Waals surface area contributed by atoms with Crippen molar-refractivity contribution < 1.29 is 4.79 Å². The SMILES string of the molecule is Cn1cc(Br)cc1C(=O)Nc1ncccc1Br. The molecule has 6 heteroatoms. The number of rotatable bonds is 2. The van der Waals surface area contributed by atoms with Crippen molar-refractivity contribution in [1.29, 1.82) is 0 Å². The van der Waals surface area contributed by atoms with Crippen LogP contribution in [-0.2, 0) is 7.05 Å². The maximum Gasteiger partial charge on any atom is 0.273 e. The van der Waals surface area contributed by atoms with Gasteiger partial charge in [-0.3, -0.25) is 4.79 Å². The van der Waals surface area contributed by atoms with Crippen LogP contribution in [0.25, 0.3) is 0 Å². The molecule has 0 aliphatic carbocycles. The molecular weight excluding hydrogens is 350 g/mol. The van der Waals surface area contributed by atoms with Crippen molar-refractivity contribution in [2.45, 2.75) is 0 Å². The van der Waals surface area contributed by atoms with Gasteiger partial charge in [0.1, 0.15) is 11.5 Å². The fraction of sp³-hybridized carbons (Fsp3) is 0.0909. The van der Waals surface area contributed by atoms with Crippen LogP contribution in [-0.4, -0.2) is 15.5 Å². The van der Waals surface area contributed by atoms with Crippen molar-refractivity contribution in [1.82, 2.24) is 9.55 Å². The van der Waals surface area contributed by atoms with Crippen LogP contribution >= 0.6 is 31.9 Å². The zero-order valence-corrected chi connectivity index (χ0v) is 12.1. The number of hydrogen-bond donors (Lipinski definition) is 1. The molecule has 0 aromatic carbocycles. The lowest BCUT2D eigenvalue weighted by atomic mass is 10.4. The summed E-state index contributed by atoms with van der Waals surface area (Å²) in [6, 6.07) is 5.37. The van der Waals surface area contributed by atoms with Gasteiger partial charge in [0, 0.05) is 23.9 Å². The summed E-state index contributed by atoms with van der Waals surface area (Å²) >= 11 is 6.65. The molecule has 88 valence electrons. The first-order valence-electron chi connectivity index (χ1n) is 4.81. The van der Waals surface area contributed by atoms with Gasteiger partial charge in [0.25, 0.3) is 5.91 Å². The van der Waals surface area contributed by atoms with Crippen LogP contribution in [0.5, 0.6) is 0 Å². The lowest BCUT2D eigenvalue weighted by Crippen LogP contribution is -2.16. The molecule has 2 aromatic heterocycles. The van der Waals surface area contributed by atoms with Crippen molar-refractivity contribution in [2.75, 3.05) is 5.32 Å². The highest BCUT2D eigenvalue weighted by molar-refractivity contribution is 9.10. The Morgan fingerprint density at radius 2 is 2.24 bits per heavy atom. The van der Waals surface area contributed by atoms with Crippen LogP contribution in [0.4, 0.5) is 5.82 Å². The second kappa shape index (κ2) is 5.01. The minimum Gasteiger partial charge on any atom is -0.345 e. The molecule has 0 aliphatic heterocycles. The number of carbonyl (C=O) groups is 1. The number of carbonyl (C=O) groups excluding carboxylic acids is 1. The van der Waals surface area contributed by atoms with Gasteiger partial charge in [0.05, 0.1) is 4.47 Å². The molecule has 0 unspecified atom stereocenters. The zero-order chi connectivity index (χ0) is 12.4. The summed E-state index contributed by atoms with van der Waals surface area (Å²) in [6.45, 7) is 0. The number of halogens is 2. The largest absolute Gasteiger partial charge is 0.345 e. The molecule has 17 heavy (non-hydrogen) atoms. The third kappa shape index (κ3) is 2.76. The van der Waals surface area contributed by atoms with E-state index < -0.39 is 0 Å². The molecule has 0 aliphatic rings. The average Bonchev–Trinajstić information content (AvgIpc) is 2.61. The molecule has 0 fully saturated rings. The highest BCUT2D eigenvalue weighted by Crippen LogP contribution is 2.20. The summed E-state index contributed by atoms with van der Waals surface area (Å²) in [6.07, 6.45) is 3.45. The van der Waals surface area contributed by atoms with Gasteiger partial charge in [-0.05, 0) is 50.1 Å². The molecule has 0 saturated heterocycles. The molecule has 1 amide bonds. The molecule has 1 N–H and O–H groups in total. The molecule has 2 heterocycles. The highest BCUT2D eigenvalue weighted by Gasteiger charge is 2.12. The van der Waals surface area contributed by atoms with Gasteiger partial charge in [-0.25, -0.2) is 4.98 Å². The molecule has 0 spiro atoms. The second-order valence-electron chi connectivity index (χ2n) is 3.44. The number of nitrogens with zero attached hydrogens (tertiary/aromatic N) is 2. The molecule has 2 rings (SSSR count). The summed E-state index contributed by atoms with van der Waals surface area (Å²) in [4.78, 5) is 16.1. The first kappa shape index (κ1) is 12.3. The topological polar surface area (TPSA) is 46.9 Å². The first-order valence-corrected chi connectivity index (χ1v) is 6.40. The van der Waals surface area contributed by atoms with Crippen LogP contribution in [0.3, 0.4) is 0 Å². The number of amides is 1. The Bertz CT molecular complexity index is 566. The van der Waals surface area contributed by atoms with E-state index in [9.17, 15) is 4.79 Å². The minimum atomic E-state index is -0.197. The molecule has 4 nitrogen and oxygen atoms in total. The van der Waals surface area contributed by atoms with E-state index in [-0.39, 0.29) is 5.91 Å². The molecular formula is C11H9Br2N3O. The van der Waals surface area contributed by atoms with E-state index >= 15 is 0 Å². The monoisotopic (exact) mass is 357 g/mol. The number of pyridine rings is 1. The van der Waals surface area contributed by atoms with E-state index in [1.807, 2.05) is 19.3 Å². The van der Waals surface area contributed by atoms with Crippen LogP contribution in [0, 0.1) is 0 Å². The average molecular weight is 359 g/mol. The van der Waals surface area contributed by atoms with Gasteiger partial charge >= 0.3 is 0 Å². The zero-order valence-electron chi connectivity index (χ0n) is 8.95. The molecule has 0 radical (unpaired) electrons. The Kier molecular flexibility index (Phi) is 3.63. The Labute approximate surface area is 115 Å². The predicted octanol–water partition coefficient (Wildman–Crippen LogP) is 3.20. The third-order valence-electron chi connectivity index (χ3n) is 2.19. The van der Waals surface area contributed by atoms with Gasteiger partial charge in [-0.2, -0.15) is 0 Å². The summed E-state index contributed by atoms with van der Waals surface area (Å²) in [7, 11) is 1.81. The van der Waals surface area contributed by atoms with E-state index in [4.69, 9.17) is 0 Å². The number of hydrogen-bond acceptors (Lipinski definition) is 2. The predicted molar refractivity (Wildman–Crippen MR) is 73.0 cm³/mol. The number of aryl methyl sites for hydroxylation is 1. The minimum absolute atomic E-state index is 0.197. The van der Waals surface area contributed by atoms with Crippen molar-refractivity contribution in [2.24, 2.45) is 7.05 Å². The second-order valence-corrected chi connectivity index (χ2v) is 5.21. The van der Waals surface area contributed by atoms with Crippen LogP contribution < -0.4 is 5.32 Å². The highest BCUT2D eigenvalue weighted by atomic mass is 79.9. The van der Waals surface area contributed by atoms with Gasteiger partial charge in [-0.15, -0.1) is 0 Å². The Hall–Kier alpha value is -1.14. The van der Waals surface area contributed by atoms with E-state index in [2.05, 4.69) is 42.2 Å². The Balaban J connectivity index is 2.23. The first-order chi connectivity index (χ1) is 8.08. The standard InChI is InChI=1S/C11H9Br2N3O/c1-16-6-7(12)5-9(16)11(17)15-10-8(13)3-2-4-14-10/h2-6H,1H3,(H,14,15,17). The van der Waals surface area contributed by atoms with Crippen molar-refractivity contribution in [3.8, 4) is 0 Å². The maximum atomic E-state index is 12.0. The van der Waals surface area contributed by atoms with Crippen LogP contribution in [0.2, 0.25) is 0 Å². The lowest BCUT2D eigenvalue weighted by Gasteiger charge is -2.06. The van der Waals surface area contributed by atoms with Gasteiger partial charge in [0.15, 0.2) is 0 Å². The summed E-state index contributed by atoms with van der Waals surface area (Å²) in [5.74, 6) is 0.312. The van der Waals surface area contributed by atoms with E-state index in [1.165, 1.54) is 0 Å². The van der Waals surface area contributed by atoms with Gasteiger partial charge in [-0.1, -0.05) is 0 Å².